The van der Waals surface area contributed by atoms with Crippen LogP contribution in [0.5, 0.6) is 0 Å². The third-order valence-corrected chi connectivity index (χ3v) is 5.75. The van der Waals surface area contributed by atoms with E-state index in [1.807, 2.05) is 6.92 Å². The average Bonchev–Trinajstić information content (AvgIpc) is 2.79. The molecule has 0 amide bonds. The van der Waals surface area contributed by atoms with Gasteiger partial charge in [-0.1, -0.05) is 20.3 Å². The molecule has 0 saturated heterocycles. The van der Waals surface area contributed by atoms with Crippen LogP contribution in [0, 0.1) is 0 Å². The van der Waals surface area contributed by atoms with Crippen molar-refractivity contribution in [3.8, 4) is 0 Å². The molecule has 0 radical (unpaired) electrons. The van der Waals surface area contributed by atoms with E-state index < -0.39 is 21.7 Å². The van der Waals surface area contributed by atoms with Crippen LogP contribution in [0.3, 0.4) is 0 Å². The number of aromatic carboxylic acids is 1. The van der Waals surface area contributed by atoms with Gasteiger partial charge in [-0.25, -0.2) is 18.2 Å². The first-order valence-electron chi connectivity index (χ1n) is 5.62. The van der Waals surface area contributed by atoms with E-state index in [0.29, 0.717) is 13.1 Å². The van der Waals surface area contributed by atoms with Crippen LogP contribution in [0.15, 0.2) is 9.72 Å². The van der Waals surface area contributed by atoms with E-state index in [2.05, 4.69) is 4.98 Å². The fourth-order valence-electron chi connectivity index (χ4n) is 1.46. The van der Waals surface area contributed by atoms with Crippen LogP contribution in [-0.2, 0) is 10.0 Å². The molecule has 102 valence electrons. The van der Waals surface area contributed by atoms with Crippen molar-refractivity contribution in [2.24, 2.45) is 0 Å². The highest BCUT2D eigenvalue weighted by molar-refractivity contribution is 7.91. The summed E-state index contributed by atoms with van der Waals surface area (Å²) >= 11 is 0.840. The zero-order valence-electron chi connectivity index (χ0n) is 10.3. The van der Waals surface area contributed by atoms with Crippen molar-refractivity contribution in [1.82, 2.24) is 9.29 Å². The summed E-state index contributed by atoms with van der Waals surface area (Å²) in [5.41, 5.74) is 0.847. The van der Waals surface area contributed by atoms with Crippen LogP contribution >= 0.6 is 11.3 Å². The van der Waals surface area contributed by atoms with E-state index in [4.69, 9.17) is 5.11 Å². The lowest BCUT2D eigenvalue weighted by Gasteiger charge is -2.19. The lowest BCUT2D eigenvalue weighted by molar-refractivity contribution is 0.0687. The molecule has 8 heteroatoms. The third kappa shape index (κ3) is 3.06. The van der Waals surface area contributed by atoms with Crippen molar-refractivity contribution in [1.29, 1.82) is 0 Å². The topological polar surface area (TPSA) is 87.6 Å². The molecule has 1 aromatic heterocycles. The van der Waals surface area contributed by atoms with Gasteiger partial charge in [0, 0.05) is 13.1 Å². The van der Waals surface area contributed by atoms with Crippen molar-refractivity contribution in [2.45, 2.75) is 30.9 Å². The molecule has 1 aromatic rings. The number of aromatic nitrogens is 1. The quantitative estimate of drug-likeness (QED) is 0.825. The summed E-state index contributed by atoms with van der Waals surface area (Å²) in [7, 11) is -3.75. The Balaban J connectivity index is 3.11. The summed E-state index contributed by atoms with van der Waals surface area (Å²) in [6, 6.07) is 0. The van der Waals surface area contributed by atoms with Crippen LogP contribution in [0.1, 0.15) is 37.2 Å². The van der Waals surface area contributed by atoms with Gasteiger partial charge in [-0.3, -0.25) is 0 Å². The molecule has 1 heterocycles. The number of hydrogen-bond donors (Lipinski definition) is 1. The third-order valence-electron chi connectivity index (χ3n) is 2.43. The number of sulfonamides is 1. The number of unbranched alkanes of at least 4 members (excludes halogenated alkanes) is 1. The maximum atomic E-state index is 12.3. The number of carboxylic acid groups (broad SMARTS) is 1. The SMILES string of the molecule is CCCCN(CC)S(=O)(=O)c1scnc1C(=O)O. The Morgan fingerprint density at radius 3 is 2.67 bits per heavy atom. The first kappa shape index (κ1) is 15.1. The smallest absolute Gasteiger partial charge is 0.356 e. The molecule has 0 aliphatic heterocycles. The highest BCUT2D eigenvalue weighted by atomic mass is 32.2. The number of nitrogens with zero attached hydrogens (tertiary/aromatic N) is 2. The Labute approximate surface area is 110 Å². The van der Waals surface area contributed by atoms with Crippen molar-refractivity contribution in [3.05, 3.63) is 11.2 Å². The van der Waals surface area contributed by atoms with Crippen LogP contribution in [0.2, 0.25) is 0 Å². The number of hydrogen-bond acceptors (Lipinski definition) is 5. The molecule has 0 aliphatic rings. The maximum absolute atomic E-state index is 12.3. The molecule has 0 unspecified atom stereocenters. The monoisotopic (exact) mass is 292 g/mol. The van der Waals surface area contributed by atoms with Gasteiger partial charge in [0.25, 0.3) is 10.0 Å². The Kier molecular flexibility index (Phi) is 5.24. The van der Waals surface area contributed by atoms with Gasteiger partial charge >= 0.3 is 5.97 Å². The van der Waals surface area contributed by atoms with Gasteiger partial charge in [-0.15, -0.1) is 11.3 Å². The molecule has 1 rings (SSSR count). The van der Waals surface area contributed by atoms with Gasteiger partial charge in [0.1, 0.15) is 0 Å². The molecule has 0 spiro atoms. The van der Waals surface area contributed by atoms with Crippen molar-refractivity contribution in [2.75, 3.05) is 13.1 Å². The van der Waals surface area contributed by atoms with Gasteiger partial charge in [0.15, 0.2) is 9.90 Å². The van der Waals surface area contributed by atoms with E-state index in [1.165, 1.54) is 9.82 Å². The molecule has 0 bridgehead atoms. The minimum absolute atomic E-state index is 0.187. The Morgan fingerprint density at radius 2 is 2.17 bits per heavy atom. The molecule has 1 N–H and O–H groups in total. The van der Waals surface area contributed by atoms with Gasteiger partial charge in [0.2, 0.25) is 0 Å². The van der Waals surface area contributed by atoms with Crippen LogP contribution in [0.4, 0.5) is 0 Å². The second-order valence-electron chi connectivity index (χ2n) is 3.64. The van der Waals surface area contributed by atoms with Crippen molar-refractivity contribution >= 4 is 27.3 Å². The first-order valence-corrected chi connectivity index (χ1v) is 7.94. The zero-order valence-corrected chi connectivity index (χ0v) is 11.9. The van der Waals surface area contributed by atoms with Crippen molar-refractivity contribution in [3.63, 3.8) is 0 Å². The van der Waals surface area contributed by atoms with Crippen LogP contribution < -0.4 is 0 Å². The molecule has 18 heavy (non-hydrogen) atoms. The van der Waals surface area contributed by atoms with Crippen molar-refractivity contribution < 1.29 is 18.3 Å². The molecular formula is C10H16N2O4S2. The number of carboxylic acids is 1. The van der Waals surface area contributed by atoms with Gasteiger partial charge in [-0.05, 0) is 6.42 Å². The molecule has 0 fully saturated rings. The largest absolute Gasteiger partial charge is 0.476 e. The summed E-state index contributed by atoms with van der Waals surface area (Å²) in [5.74, 6) is -1.32. The molecule has 0 atom stereocenters. The van der Waals surface area contributed by atoms with E-state index in [-0.39, 0.29) is 4.21 Å². The van der Waals surface area contributed by atoms with E-state index >= 15 is 0 Å². The highest BCUT2D eigenvalue weighted by Gasteiger charge is 2.30. The van der Waals surface area contributed by atoms with E-state index in [0.717, 1.165) is 24.2 Å². The second-order valence-corrected chi connectivity index (χ2v) is 6.63. The molecule has 6 nitrogen and oxygen atoms in total. The zero-order chi connectivity index (χ0) is 13.8. The van der Waals surface area contributed by atoms with Gasteiger partial charge < -0.3 is 5.11 Å². The predicted octanol–water partition coefficient (Wildman–Crippen LogP) is 1.65. The standard InChI is InChI=1S/C10H16N2O4S2/c1-3-5-6-12(4-2)18(15,16)10-8(9(13)14)11-7-17-10/h7H,3-6H2,1-2H3,(H,13,14). The maximum Gasteiger partial charge on any atom is 0.356 e. The summed E-state index contributed by atoms with van der Waals surface area (Å²) in [6.45, 7) is 4.41. The summed E-state index contributed by atoms with van der Waals surface area (Å²) in [6.07, 6.45) is 1.62. The fraction of sp³-hybridized carbons (Fsp3) is 0.600. The van der Waals surface area contributed by atoms with Crippen LogP contribution in [0.25, 0.3) is 0 Å². The van der Waals surface area contributed by atoms with E-state index in [9.17, 15) is 13.2 Å². The lowest BCUT2D eigenvalue weighted by Crippen LogP contribution is -2.32. The number of rotatable bonds is 7. The Bertz CT molecular complexity index is 510. The minimum Gasteiger partial charge on any atom is -0.476 e. The Morgan fingerprint density at radius 1 is 1.50 bits per heavy atom. The predicted molar refractivity (Wildman–Crippen MR) is 68.4 cm³/mol. The molecule has 0 aromatic carbocycles. The first-order chi connectivity index (χ1) is 8.45. The van der Waals surface area contributed by atoms with Crippen LogP contribution in [-0.4, -0.2) is 41.9 Å². The number of carbonyl (C=O) groups is 1. The molecule has 0 aliphatic carbocycles. The Hall–Kier alpha value is -0.990. The minimum atomic E-state index is -3.75. The average molecular weight is 292 g/mol. The molecular weight excluding hydrogens is 276 g/mol. The van der Waals surface area contributed by atoms with Gasteiger partial charge in [0.05, 0.1) is 5.51 Å². The second kappa shape index (κ2) is 6.26. The van der Waals surface area contributed by atoms with Gasteiger partial charge in [-0.2, -0.15) is 4.31 Å². The fourth-order valence-corrected chi connectivity index (χ4v) is 4.23. The lowest BCUT2D eigenvalue weighted by atomic mass is 10.3. The summed E-state index contributed by atoms with van der Waals surface area (Å²) in [5, 5.41) is 8.91. The molecule has 0 saturated carbocycles. The number of thiazole rings is 1. The van der Waals surface area contributed by atoms with E-state index in [1.54, 1.807) is 6.92 Å². The normalized spacial score (nSPS) is 11.9. The highest BCUT2D eigenvalue weighted by Crippen LogP contribution is 2.24. The summed E-state index contributed by atoms with van der Waals surface area (Å²) < 4.78 is 25.7. The summed E-state index contributed by atoms with van der Waals surface area (Å²) in [4.78, 5) is 14.5.